The van der Waals surface area contributed by atoms with Gasteiger partial charge in [-0.3, -0.25) is 9.78 Å². The van der Waals surface area contributed by atoms with Crippen LogP contribution in [0, 0.1) is 11.8 Å². The average molecular weight is 231 g/mol. The fourth-order valence-corrected chi connectivity index (χ4v) is 1.22. The molecular formula is C13H17N3O. The summed E-state index contributed by atoms with van der Waals surface area (Å²) in [5, 5.41) is 0. The van der Waals surface area contributed by atoms with Crippen molar-refractivity contribution in [3.05, 3.63) is 29.6 Å². The highest BCUT2D eigenvalue weighted by atomic mass is 16.2. The number of aromatic nitrogens is 1. The zero-order valence-corrected chi connectivity index (χ0v) is 10.4. The van der Waals surface area contributed by atoms with Crippen LogP contribution >= 0.6 is 0 Å². The lowest BCUT2D eigenvalue weighted by Crippen LogP contribution is -2.33. The second-order valence-corrected chi connectivity index (χ2v) is 3.98. The van der Waals surface area contributed by atoms with Gasteiger partial charge < -0.3 is 10.6 Å². The summed E-state index contributed by atoms with van der Waals surface area (Å²) in [6, 6.07) is 1.89. The van der Waals surface area contributed by atoms with E-state index < -0.39 is 0 Å². The number of nitrogens with zero attached hydrogens (tertiary/aromatic N) is 2. The lowest BCUT2D eigenvalue weighted by atomic mass is 10.1. The Morgan fingerprint density at radius 1 is 1.53 bits per heavy atom. The highest BCUT2D eigenvalue weighted by Gasteiger charge is 2.14. The molecule has 1 rings (SSSR count). The largest absolute Gasteiger partial charge is 0.339 e. The second-order valence-electron chi connectivity index (χ2n) is 3.98. The van der Waals surface area contributed by atoms with Crippen molar-refractivity contribution < 1.29 is 4.79 Å². The van der Waals surface area contributed by atoms with Crippen LogP contribution in [0.1, 0.15) is 29.8 Å². The van der Waals surface area contributed by atoms with Gasteiger partial charge in [0.25, 0.3) is 5.91 Å². The zero-order valence-electron chi connectivity index (χ0n) is 10.4. The molecule has 1 amide bonds. The van der Waals surface area contributed by atoms with E-state index in [2.05, 4.69) is 16.8 Å². The van der Waals surface area contributed by atoms with Gasteiger partial charge in [-0.05, 0) is 19.9 Å². The van der Waals surface area contributed by atoms with E-state index in [-0.39, 0.29) is 11.9 Å². The molecule has 1 aromatic heterocycles. The van der Waals surface area contributed by atoms with Gasteiger partial charge in [0.2, 0.25) is 0 Å². The van der Waals surface area contributed by atoms with Crippen LogP contribution in [0.3, 0.4) is 0 Å². The van der Waals surface area contributed by atoms with Gasteiger partial charge >= 0.3 is 0 Å². The normalized spacial score (nSPS) is 9.71. The standard InChI is InChI=1S/C13H17N3O/c1-10(2)16(3)13(17)12-7-11(5-4-6-14)8-15-9-12/h7-10H,6,14H2,1-3H3. The van der Waals surface area contributed by atoms with E-state index in [1.807, 2.05) is 13.8 Å². The molecule has 0 saturated heterocycles. The molecule has 2 N–H and O–H groups in total. The van der Waals surface area contributed by atoms with E-state index in [0.29, 0.717) is 17.7 Å². The lowest BCUT2D eigenvalue weighted by molar-refractivity contribution is 0.0754. The SMILES string of the molecule is CC(C)N(C)C(=O)c1cncc(C#CCN)c1. The molecule has 0 atom stereocenters. The molecule has 0 bridgehead atoms. The summed E-state index contributed by atoms with van der Waals surface area (Å²) in [4.78, 5) is 17.7. The van der Waals surface area contributed by atoms with Gasteiger partial charge in [-0.15, -0.1) is 0 Å². The van der Waals surface area contributed by atoms with E-state index in [1.54, 1.807) is 30.4 Å². The quantitative estimate of drug-likeness (QED) is 0.768. The third-order valence-corrected chi connectivity index (χ3v) is 2.41. The van der Waals surface area contributed by atoms with Gasteiger partial charge in [-0.25, -0.2) is 0 Å². The first-order valence-corrected chi connectivity index (χ1v) is 5.47. The maximum Gasteiger partial charge on any atom is 0.255 e. The van der Waals surface area contributed by atoms with E-state index in [9.17, 15) is 4.79 Å². The Bertz CT molecular complexity index is 457. The molecule has 0 unspecified atom stereocenters. The van der Waals surface area contributed by atoms with Crippen LogP contribution < -0.4 is 5.73 Å². The number of amides is 1. The Morgan fingerprint density at radius 3 is 2.82 bits per heavy atom. The maximum atomic E-state index is 12.0. The Balaban J connectivity index is 2.95. The first-order chi connectivity index (χ1) is 8.06. The molecule has 0 aliphatic rings. The minimum absolute atomic E-state index is 0.0519. The van der Waals surface area contributed by atoms with Crippen LogP contribution in [0.25, 0.3) is 0 Å². The highest BCUT2D eigenvalue weighted by Crippen LogP contribution is 2.07. The van der Waals surface area contributed by atoms with Gasteiger partial charge in [0.15, 0.2) is 0 Å². The molecule has 0 aromatic carbocycles. The molecule has 1 aromatic rings. The maximum absolute atomic E-state index is 12.0. The average Bonchev–Trinajstić information content (AvgIpc) is 2.34. The second kappa shape index (κ2) is 6.02. The van der Waals surface area contributed by atoms with E-state index >= 15 is 0 Å². The number of carbonyl (C=O) groups is 1. The van der Waals surface area contributed by atoms with Crippen molar-refractivity contribution in [2.75, 3.05) is 13.6 Å². The van der Waals surface area contributed by atoms with E-state index in [4.69, 9.17) is 5.73 Å². The summed E-state index contributed by atoms with van der Waals surface area (Å²) in [5.41, 5.74) is 6.55. The van der Waals surface area contributed by atoms with Gasteiger partial charge in [0.1, 0.15) is 0 Å². The van der Waals surface area contributed by atoms with Crippen molar-refractivity contribution in [2.24, 2.45) is 5.73 Å². The third kappa shape index (κ3) is 3.58. The molecular weight excluding hydrogens is 214 g/mol. The molecule has 0 saturated carbocycles. The van der Waals surface area contributed by atoms with Gasteiger partial charge in [-0.1, -0.05) is 11.8 Å². The summed E-state index contributed by atoms with van der Waals surface area (Å²) in [6.07, 6.45) is 3.17. The summed E-state index contributed by atoms with van der Waals surface area (Å²) < 4.78 is 0. The topological polar surface area (TPSA) is 59.2 Å². The molecule has 4 nitrogen and oxygen atoms in total. The molecule has 0 fully saturated rings. The summed E-state index contributed by atoms with van der Waals surface area (Å²) in [5.74, 6) is 5.54. The summed E-state index contributed by atoms with van der Waals surface area (Å²) >= 11 is 0. The van der Waals surface area contributed by atoms with Crippen molar-refractivity contribution in [1.29, 1.82) is 0 Å². The molecule has 0 spiro atoms. The van der Waals surface area contributed by atoms with E-state index in [1.165, 1.54) is 0 Å². The van der Waals surface area contributed by atoms with Crippen LogP contribution in [0.5, 0.6) is 0 Å². The molecule has 0 aliphatic carbocycles. The van der Waals surface area contributed by atoms with Crippen LogP contribution in [-0.4, -0.2) is 35.4 Å². The third-order valence-electron chi connectivity index (χ3n) is 2.41. The number of carbonyl (C=O) groups excluding carboxylic acids is 1. The summed E-state index contributed by atoms with van der Waals surface area (Å²) in [6.45, 7) is 4.22. The molecule has 90 valence electrons. The van der Waals surface area contributed by atoms with Crippen molar-refractivity contribution in [3.63, 3.8) is 0 Å². The Labute approximate surface area is 102 Å². The smallest absolute Gasteiger partial charge is 0.255 e. The van der Waals surface area contributed by atoms with Gasteiger partial charge in [-0.2, -0.15) is 0 Å². The monoisotopic (exact) mass is 231 g/mol. The predicted molar refractivity (Wildman–Crippen MR) is 67.4 cm³/mol. The number of nitrogens with two attached hydrogens (primary N) is 1. The summed E-state index contributed by atoms with van der Waals surface area (Å²) in [7, 11) is 1.77. The lowest BCUT2D eigenvalue weighted by Gasteiger charge is -2.21. The van der Waals surface area contributed by atoms with Crippen molar-refractivity contribution in [3.8, 4) is 11.8 Å². The number of rotatable bonds is 2. The van der Waals surface area contributed by atoms with Crippen LogP contribution in [0.15, 0.2) is 18.5 Å². The molecule has 4 heteroatoms. The van der Waals surface area contributed by atoms with E-state index in [0.717, 1.165) is 0 Å². The number of hydrogen-bond donors (Lipinski definition) is 1. The molecule has 1 heterocycles. The number of pyridine rings is 1. The van der Waals surface area contributed by atoms with Crippen molar-refractivity contribution in [2.45, 2.75) is 19.9 Å². The Hall–Kier alpha value is -1.86. The highest BCUT2D eigenvalue weighted by molar-refractivity contribution is 5.94. The minimum atomic E-state index is -0.0519. The van der Waals surface area contributed by atoms with Crippen LogP contribution in [0.2, 0.25) is 0 Å². The van der Waals surface area contributed by atoms with Gasteiger partial charge in [0.05, 0.1) is 12.1 Å². The minimum Gasteiger partial charge on any atom is -0.339 e. The fraction of sp³-hybridized carbons (Fsp3) is 0.385. The first-order valence-electron chi connectivity index (χ1n) is 5.47. The molecule has 0 radical (unpaired) electrons. The van der Waals surface area contributed by atoms with Crippen LogP contribution in [-0.2, 0) is 0 Å². The molecule has 17 heavy (non-hydrogen) atoms. The van der Waals surface area contributed by atoms with Crippen molar-refractivity contribution in [1.82, 2.24) is 9.88 Å². The Morgan fingerprint density at radius 2 is 2.24 bits per heavy atom. The fourth-order valence-electron chi connectivity index (χ4n) is 1.22. The Kier molecular flexibility index (Phi) is 4.68. The van der Waals surface area contributed by atoms with Crippen LogP contribution in [0.4, 0.5) is 0 Å². The number of hydrogen-bond acceptors (Lipinski definition) is 3. The predicted octanol–water partition coefficient (Wildman–Crippen LogP) is 0.872. The zero-order chi connectivity index (χ0) is 12.8. The van der Waals surface area contributed by atoms with Gasteiger partial charge in [0, 0.05) is 31.0 Å². The van der Waals surface area contributed by atoms with Crippen molar-refractivity contribution >= 4 is 5.91 Å². The molecule has 0 aliphatic heterocycles. The first kappa shape index (κ1) is 13.2.